The Labute approximate surface area is 105 Å². The van der Waals surface area contributed by atoms with E-state index in [0.29, 0.717) is 13.2 Å². The van der Waals surface area contributed by atoms with Gasteiger partial charge in [-0.3, -0.25) is 4.79 Å². The standard InChI is InChI=1S/C11H19N3O4/c1-7(15)9(12)11-14-8(6-18-11)10(16)13-4-3-5-17-2/h6-7,9,15H,3-5,12H2,1-2H3,(H,13,16). The summed E-state index contributed by atoms with van der Waals surface area (Å²) < 4.78 is 9.92. The molecule has 0 aliphatic carbocycles. The second-order valence-electron chi connectivity index (χ2n) is 3.94. The number of carbonyl (C=O) groups is 1. The molecule has 0 aliphatic heterocycles. The zero-order valence-corrected chi connectivity index (χ0v) is 10.5. The Morgan fingerprint density at radius 2 is 2.44 bits per heavy atom. The summed E-state index contributed by atoms with van der Waals surface area (Å²) in [5.41, 5.74) is 5.79. The third-order valence-electron chi connectivity index (χ3n) is 2.37. The average molecular weight is 257 g/mol. The fraction of sp³-hybridized carbons (Fsp3) is 0.636. The molecule has 4 N–H and O–H groups in total. The van der Waals surface area contributed by atoms with Crippen LogP contribution < -0.4 is 11.1 Å². The van der Waals surface area contributed by atoms with Crippen molar-refractivity contribution >= 4 is 5.91 Å². The van der Waals surface area contributed by atoms with Crippen molar-refractivity contribution in [3.05, 3.63) is 17.8 Å². The molecule has 0 aliphatic rings. The molecule has 18 heavy (non-hydrogen) atoms. The summed E-state index contributed by atoms with van der Waals surface area (Å²) in [4.78, 5) is 15.6. The summed E-state index contributed by atoms with van der Waals surface area (Å²) >= 11 is 0. The molecule has 1 heterocycles. The van der Waals surface area contributed by atoms with Crippen LogP contribution >= 0.6 is 0 Å². The van der Waals surface area contributed by atoms with Crippen molar-refractivity contribution in [1.29, 1.82) is 0 Å². The fourth-order valence-corrected chi connectivity index (χ4v) is 1.26. The van der Waals surface area contributed by atoms with Gasteiger partial charge in [-0.25, -0.2) is 4.98 Å². The van der Waals surface area contributed by atoms with Crippen LogP contribution in [0.15, 0.2) is 10.7 Å². The number of nitrogens with two attached hydrogens (primary N) is 1. The molecule has 0 aromatic carbocycles. The molecule has 1 rings (SSSR count). The minimum atomic E-state index is -0.790. The first-order valence-electron chi connectivity index (χ1n) is 5.72. The minimum Gasteiger partial charge on any atom is -0.446 e. The Kier molecular flexibility index (Phi) is 5.76. The minimum absolute atomic E-state index is 0.145. The summed E-state index contributed by atoms with van der Waals surface area (Å²) in [7, 11) is 1.60. The molecule has 2 atom stereocenters. The van der Waals surface area contributed by atoms with E-state index < -0.39 is 12.1 Å². The molecule has 1 aromatic rings. The maximum absolute atomic E-state index is 11.6. The van der Waals surface area contributed by atoms with Crippen LogP contribution in [0.5, 0.6) is 0 Å². The fourth-order valence-electron chi connectivity index (χ4n) is 1.26. The van der Waals surface area contributed by atoms with Crippen molar-refractivity contribution in [2.75, 3.05) is 20.3 Å². The number of oxazole rings is 1. The lowest BCUT2D eigenvalue weighted by atomic mass is 10.2. The molecule has 0 radical (unpaired) electrons. The first-order valence-corrected chi connectivity index (χ1v) is 5.72. The van der Waals surface area contributed by atoms with Crippen LogP contribution in [0.25, 0.3) is 0 Å². The van der Waals surface area contributed by atoms with E-state index in [1.807, 2.05) is 0 Å². The van der Waals surface area contributed by atoms with Crippen molar-refractivity contribution in [2.24, 2.45) is 5.73 Å². The molecular formula is C11H19N3O4. The van der Waals surface area contributed by atoms with E-state index in [1.165, 1.54) is 13.2 Å². The van der Waals surface area contributed by atoms with E-state index in [-0.39, 0.29) is 17.5 Å². The molecule has 0 fully saturated rings. The van der Waals surface area contributed by atoms with Crippen molar-refractivity contribution in [3.63, 3.8) is 0 Å². The monoisotopic (exact) mass is 257 g/mol. The molecular weight excluding hydrogens is 238 g/mol. The number of hydrogen-bond donors (Lipinski definition) is 3. The smallest absolute Gasteiger partial charge is 0.273 e. The highest BCUT2D eigenvalue weighted by Crippen LogP contribution is 2.13. The highest BCUT2D eigenvalue weighted by Gasteiger charge is 2.20. The summed E-state index contributed by atoms with van der Waals surface area (Å²) in [6.45, 7) is 2.61. The van der Waals surface area contributed by atoms with Gasteiger partial charge in [0.05, 0.1) is 6.10 Å². The molecule has 0 spiro atoms. The number of nitrogens with zero attached hydrogens (tertiary/aromatic N) is 1. The average Bonchev–Trinajstić information content (AvgIpc) is 2.82. The van der Waals surface area contributed by atoms with Crippen molar-refractivity contribution in [1.82, 2.24) is 10.3 Å². The van der Waals surface area contributed by atoms with Gasteiger partial charge in [0.2, 0.25) is 5.89 Å². The predicted molar refractivity (Wildman–Crippen MR) is 63.9 cm³/mol. The normalized spacial score (nSPS) is 14.2. The number of aromatic nitrogens is 1. The third-order valence-corrected chi connectivity index (χ3v) is 2.37. The largest absolute Gasteiger partial charge is 0.446 e. The van der Waals surface area contributed by atoms with Gasteiger partial charge < -0.3 is 25.3 Å². The van der Waals surface area contributed by atoms with E-state index in [9.17, 15) is 9.90 Å². The zero-order valence-electron chi connectivity index (χ0n) is 10.5. The molecule has 1 aromatic heterocycles. The molecule has 0 bridgehead atoms. The van der Waals surface area contributed by atoms with Crippen molar-refractivity contribution in [3.8, 4) is 0 Å². The molecule has 102 valence electrons. The number of rotatable bonds is 7. The van der Waals surface area contributed by atoms with Gasteiger partial charge in [0, 0.05) is 20.3 Å². The van der Waals surface area contributed by atoms with Gasteiger partial charge in [-0.05, 0) is 13.3 Å². The first kappa shape index (κ1) is 14.6. The topological polar surface area (TPSA) is 111 Å². The van der Waals surface area contributed by atoms with Gasteiger partial charge in [-0.2, -0.15) is 0 Å². The number of aliphatic hydroxyl groups excluding tert-OH is 1. The SMILES string of the molecule is COCCCNC(=O)c1coc(C(N)C(C)O)n1. The Hall–Kier alpha value is -1.44. The van der Waals surface area contributed by atoms with Gasteiger partial charge in [-0.1, -0.05) is 0 Å². The molecule has 0 saturated carbocycles. The summed E-state index contributed by atoms with van der Waals surface area (Å²) in [5, 5.41) is 12.0. The van der Waals surface area contributed by atoms with E-state index in [2.05, 4.69) is 10.3 Å². The lowest BCUT2D eigenvalue weighted by molar-refractivity contribution is 0.0943. The maximum Gasteiger partial charge on any atom is 0.273 e. The number of aliphatic hydroxyl groups is 1. The van der Waals surface area contributed by atoms with Crippen LogP contribution in [0, 0.1) is 0 Å². The third kappa shape index (κ3) is 4.10. The van der Waals surface area contributed by atoms with Crippen molar-refractivity contribution < 1.29 is 19.1 Å². The van der Waals surface area contributed by atoms with Crippen LogP contribution in [-0.4, -0.2) is 42.4 Å². The quantitative estimate of drug-likeness (QED) is 0.584. The predicted octanol–water partition coefficient (Wildman–Crippen LogP) is -0.178. The van der Waals surface area contributed by atoms with Gasteiger partial charge in [0.25, 0.3) is 5.91 Å². The van der Waals surface area contributed by atoms with E-state index in [1.54, 1.807) is 7.11 Å². The first-order chi connectivity index (χ1) is 8.56. The number of nitrogens with one attached hydrogen (secondary N) is 1. The highest BCUT2D eigenvalue weighted by molar-refractivity contribution is 5.91. The van der Waals surface area contributed by atoms with Crippen LogP contribution in [0.2, 0.25) is 0 Å². The Morgan fingerprint density at radius 3 is 3.06 bits per heavy atom. The lowest BCUT2D eigenvalue weighted by Crippen LogP contribution is -2.26. The van der Waals surface area contributed by atoms with E-state index in [0.717, 1.165) is 6.42 Å². The molecule has 0 saturated heterocycles. The van der Waals surface area contributed by atoms with Gasteiger partial charge >= 0.3 is 0 Å². The molecule has 7 nitrogen and oxygen atoms in total. The Bertz CT molecular complexity index is 378. The molecule has 1 amide bonds. The summed E-state index contributed by atoms with van der Waals surface area (Å²) in [6.07, 6.45) is 1.16. The number of amides is 1. The highest BCUT2D eigenvalue weighted by atomic mass is 16.5. The molecule has 7 heteroatoms. The van der Waals surface area contributed by atoms with Crippen LogP contribution in [-0.2, 0) is 4.74 Å². The number of hydrogen-bond acceptors (Lipinski definition) is 6. The summed E-state index contributed by atoms with van der Waals surface area (Å²) in [5.74, 6) is -0.189. The number of ether oxygens (including phenoxy) is 1. The number of methoxy groups -OCH3 is 1. The second kappa shape index (κ2) is 7.10. The van der Waals surface area contributed by atoms with Crippen molar-refractivity contribution in [2.45, 2.75) is 25.5 Å². The van der Waals surface area contributed by atoms with Gasteiger partial charge in [-0.15, -0.1) is 0 Å². The van der Waals surface area contributed by atoms with Crippen LogP contribution in [0.1, 0.15) is 35.8 Å². The van der Waals surface area contributed by atoms with E-state index >= 15 is 0 Å². The van der Waals surface area contributed by atoms with Crippen LogP contribution in [0.3, 0.4) is 0 Å². The van der Waals surface area contributed by atoms with Gasteiger partial charge in [0.1, 0.15) is 12.3 Å². The Balaban J connectivity index is 2.49. The number of carbonyl (C=O) groups excluding carboxylic acids is 1. The van der Waals surface area contributed by atoms with E-state index in [4.69, 9.17) is 14.9 Å². The molecule has 2 unspecified atom stereocenters. The zero-order chi connectivity index (χ0) is 13.5. The second-order valence-corrected chi connectivity index (χ2v) is 3.94. The maximum atomic E-state index is 11.6. The van der Waals surface area contributed by atoms with Gasteiger partial charge in [0.15, 0.2) is 5.69 Å². The van der Waals surface area contributed by atoms with Crippen LogP contribution in [0.4, 0.5) is 0 Å². The lowest BCUT2D eigenvalue weighted by Gasteiger charge is -2.09. The Morgan fingerprint density at radius 1 is 1.72 bits per heavy atom. The summed E-state index contributed by atoms with van der Waals surface area (Å²) in [6, 6.07) is -0.736.